The van der Waals surface area contributed by atoms with Crippen molar-refractivity contribution in [1.82, 2.24) is 14.7 Å². The summed E-state index contributed by atoms with van der Waals surface area (Å²) in [5, 5.41) is 4.41. The molecule has 0 aliphatic rings. The minimum Gasteiger partial charge on any atom is -0.337 e. The van der Waals surface area contributed by atoms with Gasteiger partial charge >= 0.3 is 0 Å². The molecule has 3 rings (SSSR count). The minimum absolute atomic E-state index is 0.0197. The molecular formula is C23H27N3O. The van der Waals surface area contributed by atoms with Crippen LogP contribution in [0.4, 0.5) is 0 Å². The monoisotopic (exact) mass is 361 g/mol. The van der Waals surface area contributed by atoms with E-state index in [1.165, 1.54) is 11.1 Å². The Morgan fingerprint density at radius 2 is 1.67 bits per heavy atom. The van der Waals surface area contributed by atoms with Gasteiger partial charge in [0.2, 0.25) is 0 Å². The first-order valence-electron chi connectivity index (χ1n) is 9.24. The fraction of sp³-hybridized carbons (Fsp3) is 0.304. The largest absolute Gasteiger partial charge is 0.337 e. The average molecular weight is 361 g/mol. The fourth-order valence-electron chi connectivity index (χ4n) is 3.02. The van der Waals surface area contributed by atoms with Crippen molar-refractivity contribution < 1.29 is 4.79 Å². The molecule has 0 saturated carbocycles. The number of hydrogen-bond acceptors (Lipinski definition) is 2. The van der Waals surface area contributed by atoms with E-state index in [0.29, 0.717) is 12.1 Å². The maximum atomic E-state index is 12.7. The highest BCUT2D eigenvalue weighted by molar-refractivity contribution is 5.94. The van der Waals surface area contributed by atoms with Crippen LogP contribution in [0.1, 0.15) is 47.8 Å². The van der Waals surface area contributed by atoms with Crippen LogP contribution < -0.4 is 0 Å². The molecule has 0 aliphatic heterocycles. The second-order valence-corrected chi connectivity index (χ2v) is 8.02. The van der Waals surface area contributed by atoms with E-state index in [1.807, 2.05) is 66.6 Å². The normalized spacial score (nSPS) is 11.4. The number of hydrogen-bond donors (Lipinski definition) is 0. The van der Waals surface area contributed by atoms with Crippen LogP contribution in [0, 0.1) is 0 Å². The summed E-state index contributed by atoms with van der Waals surface area (Å²) in [7, 11) is 1.83. The molecule has 0 atom stereocenters. The molecule has 140 valence electrons. The summed E-state index contributed by atoms with van der Waals surface area (Å²) in [5.74, 6) is 0.0197. The van der Waals surface area contributed by atoms with Crippen molar-refractivity contribution in [1.29, 1.82) is 0 Å². The van der Waals surface area contributed by atoms with E-state index >= 15 is 0 Å². The number of nitrogens with zero attached hydrogens (tertiary/aromatic N) is 3. The van der Waals surface area contributed by atoms with Crippen LogP contribution in [0.25, 0.3) is 0 Å². The van der Waals surface area contributed by atoms with E-state index in [1.54, 1.807) is 4.90 Å². The molecule has 2 aromatic carbocycles. The van der Waals surface area contributed by atoms with E-state index in [2.05, 4.69) is 38.0 Å². The fourth-order valence-corrected chi connectivity index (χ4v) is 3.02. The summed E-state index contributed by atoms with van der Waals surface area (Å²) >= 11 is 0. The molecule has 0 radical (unpaired) electrons. The number of aromatic nitrogens is 2. The van der Waals surface area contributed by atoms with Gasteiger partial charge in [-0.25, -0.2) is 0 Å². The summed E-state index contributed by atoms with van der Waals surface area (Å²) in [6, 6.07) is 18.1. The summed E-state index contributed by atoms with van der Waals surface area (Å²) in [5.41, 5.74) is 4.25. The van der Waals surface area contributed by atoms with Gasteiger partial charge in [-0.1, -0.05) is 63.2 Å². The zero-order valence-corrected chi connectivity index (χ0v) is 16.5. The first-order chi connectivity index (χ1) is 12.8. The molecule has 1 amide bonds. The molecule has 0 saturated heterocycles. The van der Waals surface area contributed by atoms with Gasteiger partial charge in [-0.3, -0.25) is 9.48 Å². The molecule has 4 nitrogen and oxygen atoms in total. The molecular weight excluding hydrogens is 334 g/mol. The van der Waals surface area contributed by atoms with Crippen LogP contribution >= 0.6 is 0 Å². The Kier molecular flexibility index (Phi) is 5.45. The van der Waals surface area contributed by atoms with Gasteiger partial charge in [0, 0.05) is 30.9 Å². The van der Waals surface area contributed by atoms with Gasteiger partial charge in [0.05, 0.1) is 12.7 Å². The maximum absolute atomic E-state index is 12.7. The minimum atomic E-state index is 0.0197. The van der Waals surface area contributed by atoms with Gasteiger partial charge in [-0.2, -0.15) is 5.10 Å². The Bertz CT molecular complexity index is 889. The van der Waals surface area contributed by atoms with E-state index < -0.39 is 0 Å². The zero-order chi connectivity index (χ0) is 19.4. The van der Waals surface area contributed by atoms with Crippen LogP contribution in [0.5, 0.6) is 0 Å². The summed E-state index contributed by atoms with van der Waals surface area (Å²) in [6.45, 7) is 7.77. The highest BCUT2D eigenvalue weighted by Gasteiger charge is 2.16. The van der Waals surface area contributed by atoms with Gasteiger partial charge in [-0.15, -0.1) is 0 Å². The standard InChI is InChI=1S/C23H27N3O/c1-23(2,3)21-12-10-20(11-13-21)22(27)25(4)15-19-14-24-26(17-19)16-18-8-6-5-7-9-18/h5-14,17H,15-16H2,1-4H3. The number of benzene rings is 2. The molecule has 27 heavy (non-hydrogen) atoms. The quantitative estimate of drug-likeness (QED) is 0.671. The van der Waals surface area contributed by atoms with Gasteiger partial charge in [0.1, 0.15) is 0 Å². The third-order valence-corrected chi connectivity index (χ3v) is 4.64. The molecule has 4 heteroatoms. The maximum Gasteiger partial charge on any atom is 0.253 e. The summed E-state index contributed by atoms with van der Waals surface area (Å²) in [6.07, 6.45) is 3.83. The second-order valence-electron chi connectivity index (χ2n) is 8.02. The highest BCUT2D eigenvalue weighted by Crippen LogP contribution is 2.22. The molecule has 0 aliphatic carbocycles. The van der Waals surface area contributed by atoms with Crippen LogP contribution in [0.3, 0.4) is 0 Å². The van der Waals surface area contributed by atoms with E-state index in [-0.39, 0.29) is 11.3 Å². The van der Waals surface area contributed by atoms with Gasteiger partial charge in [-0.05, 0) is 28.7 Å². The van der Waals surface area contributed by atoms with Crippen LogP contribution in [-0.2, 0) is 18.5 Å². The first kappa shape index (κ1) is 18.9. The third-order valence-electron chi connectivity index (χ3n) is 4.64. The Morgan fingerprint density at radius 3 is 2.30 bits per heavy atom. The number of carbonyl (C=O) groups excluding carboxylic acids is 1. The van der Waals surface area contributed by atoms with Gasteiger partial charge in [0.15, 0.2) is 0 Å². The van der Waals surface area contributed by atoms with Gasteiger partial charge < -0.3 is 4.90 Å². The van der Waals surface area contributed by atoms with Crippen molar-refractivity contribution in [2.75, 3.05) is 7.05 Å². The third kappa shape index (κ3) is 4.85. The number of carbonyl (C=O) groups is 1. The molecule has 0 unspecified atom stereocenters. The Hall–Kier alpha value is -2.88. The Labute approximate surface area is 161 Å². The predicted molar refractivity (Wildman–Crippen MR) is 109 cm³/mol. The van der Waals surface area contributed by atoms with Gasteiger partial charge in [0.25, 0.3) is 5.91 Å². The number of rotatable bonds is 5. The van der Waals surface area contributed by atoms with Crippen molar-refractivity contribution in [3.63, 3.8) is 0 Å². The van der Waals surface area contributed by atoms with Crippen LogP contribution in [0.2, 0.25) is 0 Å². The average Bonchev–Trinajstić information content (AvgIpc) is 3.08. The highest BCUT2D eigenvalue weighted by atomic mass is 16.2. The van der Waals surface area contributed by atoms with E-state index in [4.69, 9.17) is 0 Å². The van der Waals surface area contributed by atoms with Crippen LogP contribution in [-0.4, -0.2) is 27.6 Å². The Morgan fingerprint density at radius 1 is 1.00 bits per heavy atom. The smallest absolute Gasteiger partial charge is 0.253 e. The van der Waals surface area contributed by atoms with Crippen molar-refractivity contribution in [2.24, 2.45) is 0 Å². The molecule has 1 aromatic heterocycles. The summed E-state index contributed by atoms with van der Waals surface area (Å²) in [4.78, 5) is 14.4. The lowest BCUT2D eigenvalue weighted by molar-refractivity contribution is 0.0785. The molecule has 0 fully saturated rings. The lowest BCUT2D eigenvalue weighted by Crippen LogP contribution is -2.26. The lowest BCUT2D eigenvalue weighted by Gasteiger charge is -2.20. The zero-order valence-electron chi connectivity index (χ0n) is 16.5. The topological polar surface area (TPSA) is 38.1 Å². The van der Waals surface area contributed by atoms with Crippen molar-refractivity contribution >= 4 is 5.91 Å². The van der Waals surface area contributed by atoms with E-state index in [9.17, 15) is 4.79 Å². The first-order valence-corrected chi connectivity index (χ1v) is 9.24. The predicted octanol–water partition coefficient (Wildman–Crippen LogP) is 4.50. The van der Waals surface area contributed by atoms with Crippen LogP contribution in [0.15, 0.2) is 67.0 Å². The lowest BCUT2D eigenvalue weighted by atomic mass is 9.86. The molecule has 3 aromatic rings. The van der Waals surface area contributed by atoms with Crippen molar-refractivity contribution in [3.8, 4) is 0 Å². The SMILES string of the molecule is CN(Cc1cnn(Cc2ccccc2)c1)C(=O)c1ccc(C(C)(C)C)cc1. The summed E-state index contributed by atoms with van der Waals surface area (Å²) < 4.78 is 1.90. The molecule has 1 heterocycles. The molecule has 0 N–H and O–H groups in total. The number of amides is 1. The van der Waals surface area contributed by atoms with Crippen molar-refractivity contribution in [2.45, 2.75) is 39.3 Å². The molecule has 0 spiro atoms. The second kappa shape index (κ2) is 7.78. The van der Waals surface area contributed by atoms with Crippen molar-refractivity contribution in [3.05, 3.63) is 89.2 Å². The Balaban J connectivity index is 1.63. The van der Waals surface area contributed by atoms with E-state index in [0.717, 1.165) is 12.1 Å². The molecule has 0 bridgehead atoms.